The van der Waals surface area contributed by atoms with Crippen LogP contribution in [-0.4, -0.2) is 9.97 Å². The van der Waals surface area contributed by atoms with Gasteiger partial charge in [-0.1, -0.05) is 34.4 Å². The highest BCUT2D eigenvalue weighted by Crippen LogP contribution is 2.28. The minimum Gasteiger partial charge on any atom is -0.246 e. The van der Waals surface area contributed by atoms with E-state index < -0.39 is 0 Å². The lowest BCUT2D eigenvalue weighted by atomic mass is 10.0. The van der Waals surface area contributed by atoms with E-state index >= 15 is 0 Å². The molecule has 4 aromatic rings. The van der Waals surface area contributed by atoms with Crippen LogP contribution in [0.2, 0.25) is 0 Å². The van der Waals surface area contributed by atoms with Crippen LogP contribution in [0.3, 0.4) is 0 Å². The summed E-state index contributed by atoms with van der Waals surface area (Å²) in [6.45, 7) is 12.8. The predicted octanol–water partition coefficient (Wildman–Crippen LogP) is 7.33. The van der Waals surface area contributed by atoms with Crippen molar-refractivity contribution in [3.8, 4) is 33.9 Å². The number of rotatable bonds is 3. The molecule has 0 aliphatic carbocycles. The zero-order chi connectivity index (χ0) is 21.4. The molecule has 0 radical (unpaired) electrons. The molecule has 4 rings (SSSR count). The fourth-order valence-corrected chi connectivity index (χ4v) is 4.14. The number of aromatic nitrogens is 2. The Hall–Kier alpha value is -3.26. The molecule has 0 aliphatic rings. The van der Waals surface area contributed by atoms with Crippen molar-refractivity contribution in [1.29, 1.82) is 0 Å². The van der Waals surface area contributed by atoms with Crippen LogP contribution < -0.4 is 0 Å². The third-order valence-electron chi connectivity index (χ3n) is 5.24. The molecule has 0 fully saturated rings. The molecular weight excluding hydrogens is 364 g/mol. The summed E-state index contributed by atoms with van der Waals surface area (Å²) in [5.41, 5.74) is 13.5. The quantitative estimate of drug-likeness (QED) is 0.365. The molecule has 0 saturated heterocycles. The molecule has 0 unspecified atom stereocenters. The van der Waals surface area contributed by atoms with Crippen LogP contribution in [0.15, 0.2) is 60.7 Å². The molecular formula is C28H28N2. The Morgan fingerprint density at radius 3 is 0.933 bits per heavy atom. The van der Waals surface area contributed by atoms with Gasteiger partial charge in [-0.15, -0.1) is 0 Å². The van der Waals surface area contributed by atoms with Gasteiger partial charge in [0.2, 0.25) is 0 Å². The van der Waals surface area contributed by atoms with Gasteiger partial charge in [0.1, 0.15) is 0 Å². The van der Waals surface area contributed by atoms with Gasteiger partial charge >= 0.3 is 0 Å². The summed E-state index contributed by atoms with van der Waals surface area (Å²) in [5.74, 6) is 0. The molecule has 0 aliphatic heterocycles. The lowest BCUT2D eigenvalue weighted by Crippen LogP contribution is -1.96. The van der Waals surface area contributed by atoms with Crippen LogP contribution >= 0.6 is 0 Å². The molecule has 0 atom stereocenters. The summed E-state index contributed by atoms with van der Waals surface area (Å²) in [4.78, 5) is 10.0. The topological polar surface area (TPSA) is 25.8 Å². The smallest absolute Gasteiger partial charge is 0.0896 e. The van der Waals surface area contributed by atoms with Crippen molar-refractivity contribution in [1.82, 2.24) is 9.97 Å². The van der Waals surface area contributed by atoms with Crippen molar-refractivity contribution in [3.63, 3.8) is 0 Å². The van der Waals surface area contributed by atoms with Crippen molar-refractivity contribution in [2.45, 2.75) is 41.5 Å². The van der Waals surface area contributed by atoms with E-state index in [4.69, 9.17) is 9.97 Å². The summed E-state index contributed by atoms with van der Waals surface area (Å²) in [6, 6.07) is 21.7. The lowest BCUT2D eigenvalue weighted by Gasteiger charge is -2.11. The third kappa shape index (κ3) is 4.33. The molecule has 0 bridgehead atoms. The second-order valence-electron chi connectivity index (χ2n) is 8.58. The Morgan fingerprint density at radius 2 is 0.600 bits per heavy atom. The van der Waals surface area contributed by atoms with E-state index in [1.807, 2.05) is 0 Å². The van der Waals surface area contributed by atoms with Crippen LogP contribution in [0, 0.1) is 41.5 Å². The third-order valence-corrected chi connectivity index (χ3v) is 5.24. The van der Waals surface area contributed by atoms with E-state index in [0.717, 1.165) is 33.9 Å². The predicted molar refractivity (Wildman–Crippen MR) is 127 cm³/mol. The SMILES string of the molecule is Cc1cc(C)cc(-c2cc(C)cc(-c3cc(C)cc(-c4cc(C)cc(C)c4)n3)n2)c1. The standard InChI is InChI=1S/C28H28N2/c1-17-7-18(2)10-23(9-17)25-13-21(5)15-27(29-25)28-16-22(6)14-26(30-28)24-11-19(3)8-20(4)12-24/h7-16H,1-6H3. The molecule has 0 amide bonds. The van der Waals surface area contributed by atoms with Crippen molar-refractivity contribution >= 4 is 0 Å². The fraction of sp³-hybridized carbons (Fsp3) is 0.214. The van der Waals surface area contributed by atoms with E-state index in [2.05, 4.69) is 102 Å². The highest BCUT2D eigenvalue weighted by molar-refractivity contribution is 5.70. The average Bonchev–Trinajstić information content (AvgIpc) is 2.65. The van der Waals surface area contributed by atoms with Gasteiger partial charge in [0.15, 0.2) is 0 Å². The number of hydrogen-bond acceptors (Lipinski definition) is 2. The zero-order valence-corrected chi connectivity index (χ0v) is 18.7. The highest BCUT2D eigenvalue weighted by Gasteiger charge is 2.11. The minimum absolute atomic E-state index is 0.915. The molecule has 0 spiro atoms. The van der Waals surface area contributed by atoms with Crippen LogP contribution in [0.5, 0.6) is 0 Å². The van der Waals surface area contributed by atoms with E-state index in [1.165, 1.54) is 33.4 Å². The van der Waals surface area contributed by atoms with E-state index in [0.29, 0.717) is 0 Å². The van der Waals surface area contributed by atoms with Crippen molar-refractivity contribution in [2.24, 2.45) is 0 Å². The molecule has 30 heavy (non-hydrogen) atoms. The van der Waals surface area contributed by atoms with Crippen molar-refractivity contribution in [2.75, 3.05) is 0 Å². The average molecular weight is 393 g/mol. The van der Waals surface area contributed by atoms with Crippen LogP contribution in [0.1, 0.15) is 33.4 Å². The van der Waals surface area contributed by atoms with Gasteiger partial charge in [-0.2, -0.15) is 0 Å². The molecule has 2 heteroatoms. The Morgan fingerprint density at radius 1 is 0.333 bits per heavy atom. The first-order valence-corrected chi connectivity index (χ1v) is 10.4. The van der Waals surface area contributed by atoms with Gasteiger partial charge in [0.05, 0.1) is 22.8 Å². The Kier molecular flexibility index (Phi) is 5.26. The number of aryl methyl sites for hydroxylation is 6. The van der Waals surface area contributed by atoms with E-state index in [1.54, 1.807) is 0 Å². The monoisotopic (exact) mass is 392 g/mol. The van der Waals surface area contributed by atoms with Crippen LogP contribution in [0.25, 0.3) is 33.9 Å². The summed E-state index contributed by atoms with van der Waals surface area (Å²) in [7, 11) is 0. The molecule has 2 heterocycles. The maximum atomic E-state index is 5.00. The zero-order valence-electron chi connectivity index (χ0n) is 18.7. The Labute approximate surface area is 179 Å². The summed E-state index contributed by atoms with van der Waals surface area (Å²) >= 11 is 0. The normalized spacial score (nSPS) is 11.0. The number of pyridine rings is 2. The number of benzene rings is 2. The molecule has 0 N–H and O–H groups in total. The summed E-state index contributed by atoms with van der Waals surface area (Å²) in [6.07, 6.45) is 0. The van der Waals surface area contributed by atoms with Crippen molar-refractivity contribution < 1.29 is 0 Å². The fourth-order valence-electron chi connectivity index (χ4n) is 4.14. The number of nitrogens with zero attached hydrogens (tertiary/aromatic N) is 2. The largest absolute Gasteiger partial charge is 0.246 e. The Bertz CT molecular complexity index is 1110. The van der Waals surface area contributed by atoms with E-state index in [-0.39, 0.29) is 0 Å². The van der Waals surface area contributed by atoms with Crippen LogP contribution in [0.4, 0.5) is 0 Å². The Balaban J connectivity index is 1.85. The second kappa shape index (κ2) is 7.87. The first-order chi connectivity index (χ1) is 14.3. The van der Waals surface area contributed by atoms with Gasteiger partial charge in [-0.3, -0.25) is 0 Å². The summed E-state index contributed by atoms with van der Waals surface area (Å²) in [5, 5.41) is 0. The molecule has 2 aromatic carbocycles. The second-order valence-corrected chi connectivity index (χ2v) is 8.58. The van der Waals surface area contributed by atoms with Gasteiger partial charge < -0.3 is 0 Å². The van der Waals surface area contributed by atoms with Gasteiger partial charge in [0, 0.05) is 11.1 Å². The highest BCUT2D eigenvalue weighted by atomic mass is 14.8. The number of hydrogen-bond donors (Lipinski definition) is 0. The summed E-state index contributed by atoms with van der Waals surface area (Å²) < 4.78 is 0. The molecule has 150 valence electrons. The van der Waals surface area contributed by atoms with E-state index in [9.17, 15) is 0 Å². The van der Waals surface area contributed by atoms with Crippen molar-refractivity contribution in [3.05, 3.63) is 94.0 Å². The lowest BCUT2D eigenvalue weighted by molar-refractivity contribution is 1.21. The van der Waals surface area contributed by atoms with Gasteiger partial charge in [0.25, 0.3) is 0 Å². The molecule has 2 nitrogen and oxygen atoms in total. The maximum absolute atomic E-state index is 5.00. The van der Waals surface area contributed by atoms with Crippen LogP contribution in [-0.2, 0) is 0 Å². The first-order valence-electron chi connectivity index (χ1n) is 10.4. The van der Waals surface area contributed by atoms with Gasteiger partial charge in [-0.25, -0.2) is 9.97 Å². The van der Waals surface area contributed by atoms with Gasteiger partial charge in [-0.05, 0) is 101 Å². The maximum Gasteiger partial charge on any atom is 0.0896 e. The molecule has 0 saturated carbocycles. The molecule has 2 aromatic heterocycles. The minimum atomic E-state index is 0.915. The first kappa shape index (κ1) is 20.0.